The Balaban J connectivity index is 1.58. The van der Waals surface area contributed by atoms with Gasteiger partial charge < -0.3 is 24.1 Å². The minimum atomic E-state index is -0.154. The van der Waals surface area contributed by atoms with Crippen LogP contribution in [0.25, 0.3) is 11.5 Å². The van der Waals surface area contributed by atoms with Crippen LogP contribution in [0.4, 0.5) is 11.4 Å². The summed E-state index contributed by atoms with van der Waals surface area (Å²) in [7, 11) is 7.06. The molecule has 1 heterocycles. The molecule has 0 unspecified atom stereocenters. The van der Waals surface area contributed by atoms with Gasteiger partial charge in [0.1, 0.15) is 0 Å². The smallest absolute Gasteiger partial charge is 0.277 e. The quantitative estimate of drug-likeness (QED) is 0.560. The van der Waals surface area contributed by atoms with Crippen molar-refractivity contribution in [1.82, 2.24) is 10.2 Å². The highest BCUT2D eigenvalue weighted by Gasteiger charge is 2.14. The Morgan fingerprint density at radius 1 is 1.07 bits per heavy atom. The van der Waals surface area contributed by atoms with Crippen LogP contribution in [0.2, 0.25) is 0 Å². The van der Waals surface area contributed by atoms with Gasteiger partial charge in [0.25, 0.3) is 5.22 Å². The fourth-order valence-corrected chi connectivity index (χ4v) is 3.08. The first-order valence-corrected chi connectivity index (χ1v) is 9.74. The number of aromatic nitrogens is 2. The number of amides is 1. The van der Waals surface area contributed by atoms with Crippen LogP contribution in [-0.4, -0.2) is 50.2 Å². The Kier molecular flexibility index (Phi) is 6.61. The van der Waals surface area contributed by atoms with Crippen LogP contribution in [0, 0.1) is 0 Å². The summed E-state index contributed by atoms with van der Waals surface area (Å²) in [4.78, 5) is 14.2. The highest BCUT2D eigenvalue weighted by atomic mass is 32.2. The van der Waals surface area contributed by atoms with E-state index in [0.29, 0.717) is 28.2 Å². The zero-order chi connectivity index (χ0) is 20.8. The Morgan fingerprint density at radius 3 is 2.45 bits per heavy atom. The van der Waals surface area contributed by atoms with Crippen molar-refractivity contribution in [3.05, 3.63) is 42.5 Å². The van der Waals surface area contributed by atoms with Gasteiger partial charge in [-0.25, -0.2) is 0 Å². The van der Waals surface area contributed by atoms with Crippen LogP contribution in [-0.2, 0) is 4.79 Å². The molecule has 0 atom stereocenters. The predicted molar refractivity (Wildman–Crippen MR) is 113 cm³/mol. The van der Waals surface area contributed by atoms with Gasteiger partial charge in [0, 0.05) is 31.0 Å². The molecule has 0 bridgehead atoms. The van der Waals surface area contributed by atoms with Gasteiger partial charge in [0.2, 0.25) is 11.8 Å². The fourth-order valence-electron chi connectivity index (χ4n) is 2.52. The first-order chi connectivity index (χ1) is 14.0. The van der Waals surface area contributed by atoms with Crippen molar-refractivity contribution in [2.75, 3.05) is 44.3 Å². The molecule has 9 heteroatoms. The van der Waals surface area contributed by atoms with E-state index in [1.54, 1.807) is 32.4 Å². The number of anilines is 2. The number of methoxy groups -OCH3 is 2. The normalized spacial score (nSPS) is 10.5. The number of hydrogen-bond acceptors (Lipinski definition) is 8. The Morgan fingerprint density at radius 2 is 1.79 bits per heavy atom. The number of thioether (sulfide) groups is 1. The molecule has 0 fully saturated rings. The van der Waals surface area contributed by atoms with E-state index in [9.17, 15) is 4.79 Å². The van der Waals surface area contributed by atoms with Gasteiger partial charge in [-0.1, -0.05) is 11.8 Å². The maximum absolute atomic E-state index is 12.2. The zero-order valence-electron chi connectivity index (χ0n) is 16.6. The monoisotopic (exact) mass is 414 g/mol. The standard InChI is InChI=1S/C20H22N4O4S/c1-24(2)15-8-6-14(7-9-15)21-18(25)12-29-20-23-22-19(28-20)13-5-10-16(26-3)17(11-13)27-4/h5-11H,12H2,1-4H3,(H,21,25). The molecule has 1 N–H and O–H groups in total. The molecule has 0 saturated heterocycles. The number of ether oxygens (including phenoxy) is 2. The molecule has 0 aliphatic carbocycles. The van der Waals surface area contributed by atoms with Crippen molar-refractivity contribution in [1.29, 1.82) is 0 Å². The van der Waals surface area contributed by atoms with Gasteiger partial charge in [0.05, 0.1) is 20.0 Å². The number of carbonyl (C=O) groups is 1. The molecule has 1 amide bonds. The van der Waals surface area contributed by atoms with E-state index < -0.39 is 0 Å². The second kappa shape index (κ2) is 9.33. The number of nitrogens with zero attached hydrogens (tertiary/aromatic N) is 3. The van der Waals surface area contributed by atoms with E-state index in [2.05, 4.69) is 15.5 Å². The molecule has 3 aromatic rings. The van der Waals surface area contributed by atoms with Gasteiger partial charge in [0.15, 0.2) is 11.5 Å². The summed E-state index contributed by atoms with van der Waals surface area (Å²) in [6.45, 7) is 0. The Labute approximate surface area is 173 Å². The SMILES string of the molecule is COc1ccc(-c2nnc(SCC(=O)Nc3ccc(N(C)C)cc3)o2)cc1OC. The van der Waals surface area contributed by atoms with Crippen LogP contribution in [0.1, 0.15) is 0 Å². The number of hydrogen-bond donors (Lipinski definition) is 1. The molecule has 29 heavy (non-hydrogen) atoms. The fraction of sp³-hybridized carbons (Fsp3) is 0.250. The van der Waals surface area contributed by atoms with E-state index in [1.165, 1.54) is 11.8 Å². The maximum atomic E-state index is 12.2. The summed E-state index contributed by atoms with van der Waals surface area (Å²) in [6, 6.07) is 12.9. The van der Waals surface area contributed by atoms with Gasteiger partial charge in [-0.15, -0.1) is 10.2 Å². The summed E-state index contributed by atoms with van der Waals surface area (Å²) in [5.74, 6) is 1.52. The number of carbonyl (C=O) groups excluding carboxylic acids is 1. The lowest BCUT2D eigenvalue weighted by Gasteiger charge is -2.12. The molecule has 0 aliphatic rings. The summed E-state index contributed by atoms with van der Waals surface area (Å²) in [6.07, 6.45) is 0. The van der Waals surface area contributed by atoms with E-state index in [4.69, 9.17) is 13.9 Å². The van der Waals surface area contributed by atoms with E-state index in [0.717, 1.165) is 11.4 Å². The molecule has 0 spiro atoms. The predicted octanol–water partition coefficient (Wildman–Crippen LogP) is 3.55. The van der Waals surface area contributed by atoms with E-state index in [1.807, 2.05) is 43.3 Å². The third kappa shape index (κ3) is 5.20. The van der Waals surface area contributed by atoms with Crippen LogP contribution < -0.4 is 19.7 Å². The molecular formula is C20H22N4O4S. The molecule has 8 nitrogen and oxygen atoms in total. The molecule has 1 aromatic heterocycles. The topological polar surface area (TPSA) is 89.7 Å². The molecule has 0 saturated carbocycles. The first kappa shape index (κ1) is 20.5. The first-order valence-electron chi connectivity index (χ1n) is 8.76. The van der Waals surface area contributed by atoms with Crippen molar-refractivity contribution in [3.8, 4) is 23.0 Å². The van der Waals surface area contributed by atoms with E-state index >= 15 is 0 Å². The van der Waals surface area contributed by atoms with Gasteiger partial charge >= 0.3 is 0 Å². The highest BCUT2D eigenvalue weighted by Crippen LogP contribution is 2.32. The molecule has 0 radical (unpaired) electrons. The Hall–Kier alpha value is -3.20. The summed E-state index contributed by atoms with van der Waals surface area (Å²) < 4.78 is 16.2. The van der Waals surface area contributed by atoms with E-state index in [-0.39, 0.29) is 11.7 Å². The van der Waals surface area contributed by atoms with Crippen molar-refractivity contribution in [2.24, 2.45) is 0 Å². The molecule has 2 aromatic carbocycles. The van der Waals surface area contributed by atoms with Gasteiger partial charge in [-0.05, 0) is 42.5 Å². The maximum Gasteiger partial charge on any atom is 0.277 e. The van der Waals surface area contributed by atoms with Crippen LogP contribution in [0.5, 0.6) is 11.5 Å². The molecule has 152 valence electrons. The lowest BCUT2D eigenvalue weighted by Crippen LogP contribution is -2.14. The average Bonchev–Trinajstić information content (AvgIpc) is 3.21. The minimum absolute atomic E-state index is 0.154. The lowest BCUT2D eigenvalue weighted by molar-refractivity contribution is -0.113. The van der Waals surface area contributed by atoms with Crippen molar-refractivity contribution in [3.63, 3.8) is 0 Å². The second-order valence-corrected chi connectivity index (χ2v) is 7.15. The molecule has 0 aliphatic heterocycles. The van der Waals surface area contributed by atoms with Crippen molar-refractivity contribution >= 4 is 29.0 Å². The van der Waals surface area contributed by atoms with Crippen LogP contribution >= 0.6 is 11.8 Å². The highest BCUT2D eigenvalue weighted by molar-refractivity contribution is 7.99. The summed E-state index contributed by atoms with van der Waals surface area (Å²) >= 11 is 1.17. The minimum Gasteiger partial charge on any atom is -0.493 e. The average molecular weight is 414 g/mol. The second-order valence-electron chi connectivity index (χ2n) is 6.22. The van der Waals surface area contributed by atoms with Crippen molar-refractivity contribution in [2.45, 2.75) is 5.22 Å². The summed E-state index contributed by atoms with van der Waals surface area (Å²) in [5.41, 5.74) is 2.50. The third-order valence-corrected chi connectivity index (χ3v) is 4.85. The zero-order valence-corrected chi connectivity index (χ0v) is 17.4. The number of benzene rings is 2. The number of rotatable bonds is 8. The van der Waals surface area contributed by atoms with Crippen molar-refractivity contribution < 1.29 is 18.7 Å². The van der Waals surface area contributed by atoms with Crippen LogP contribution in [0.15, 0.2) is 52.1 Å². The van der Waals surface area contributed by atoms with Gasteiger partial charge in [-0.2, -0.15) is 0 Å². The lowest BCUT2D eigenvalue weighted by atomic mass is 10.2. The van der Waals surface area contributed by atoms with Gasteiger partial charge in [-0.3, -0.25) is 4.79 Å². The van der Waals surface area contributed by atoms with Crippen LogP contribution in [0.3, 0.4) is 0 Å². The largest absolute Gasteiger partial charge is 0.493 e. The molecule has 3 rings (SSSR count). The summed E-state index contributed by atoms with van der Waals surface area (Å²) in [5, 5.41) is 11.2. The number of nitrogens with one attached hydrogen (secondary N) is 1. The third-order valence-electron chi connectivity index (χ3n) is 4.03. The Bertz CT molecular complexity index is 973. The molecular weight excluding hydrogens is 392 g/mol.